The van der Waals surface area contributed by atoms with Gasteiger partial charge in [0.1, 0.15) is 0 Å². The van der Waals surface area contributed by atoms with Crippen LogP contribution in [0.15, 0.2) is 27.4 Å². The van der Waals surface area contributed by atoms with Crippen LogP contribution in [0.2, 0.25) is 0 Å². The van der Waals surface area contributed by atoms with Crippen LogP contribution in [-0.2, 0) is 13.1 Å². The standard InChI is InChI=1S/C16H18BrNO2S/c1-11-9-21-10-13(11)8-18-7-12-5-14(17)16-15(6-12)19-3-2-4-20-16/h5-6,9-10,18H,2-4,7-8H2,1H3. The molecule has 0 fully saturated rings. The summed E-state index contributed by atoms with van der Waals surface area (Å²) in [6.45, 7) is 5.27. The molecule has 2 heterocycles. The molecule has 3 rings (SSSR count). The molecule has 5 heteroatoms. The van der Waals surface area contributed by atoms with Gasteiger partial charge in [-0.1, -0.05) is 0 Å². The summed E-state index contributed by atoms with van der Waals surface area (Å²) in [5.41, 5.74) is 3.92. The zero-order valence-electron chi connectivity index (χ0n) is 11.9. The Bertz CT molecular complexity index is 627. The van der Waals surface area contributed by atoms with Crippen LogP contribution in [0, 0.1) is 6.92 Å². The normalized spacial score (nSPS) is 14.0. The van der Waals surface area contributed by atoms with Crippen molar-refractivity contribution in [2.24, 2.45) is 0 Å². The number of rotatable bonds is 4. The predicted molar refractivity (Wildman–Crippen MR) is 89.3 cm³/mol. The van der Waals surface area contributed by atoms with Crippen LogP contribution in [-0.4, -0.2) is 13.2 Å². The van der Waals surface area contributed by atoms with Crippen molar-refractivity contribution < 1.29 is 9.47 Å². The third-order valence-electron chi connectivity index (χ3n) is 3.47. The van der Waals surface area contributed by atoms with Gasteiger partial charge in [0.15, 0.2) is 11.5 Å². The fourth-order valence-electron chi connectivity index (χ4n) is 2.30. The lowest BCUT2D eigenvalue weighted by Crippen LogP contribution is -2.13. The molecule has 1 aliphatic heterocycles. The lowest BCUT2D eigenvalue weighted by atomic mass is 10.2. The van der Waals surface area contributed by atoms with Crippen LogP contribution >= 0.6 is 27.3 Å². The number of hydrogen-bond acceptors (Lipinski definition) is 4. The molecule has 21 heavy (non-hydrogen) atoms. The monoisotopic (exact) mass is 367 g/mol. The van der Waals surface area contributed by atoms with E-state index >= 15 is 0 Å². The van der Waals surface area contributed by atoms with E-state index in [1.165, 1.54) is 16.7 Å². The van der Waals surface area contributed by atoms with Crippen molar-refractivity contribution >= 4 is 27.3 Å². The largest absolute Gasteiger partial charge is 0.490 e. The maximum Gasteiger partial charge on any atom is 0.175 e. The molecule has 0 saturated carbocycles. The Hall–Kier alpha value is -1.04. The van der Waals surface area contributed by atoms with Crippen LogP contribution in [0.3, 0.4) is 0 Å². The van der Waals surface area contributed by atoms with E-state index in [-0.39, 0.29) is 0 Å². The summed E-state index contributed by atoms with van der Waals surface area (Å²) in [6.07, 6.45) is 0.923. The summed E-state index contributed by atoms with van der Waals surface area (Å²) in [6, 6.07) is 4.17. The molecule has 1 aromatic heterocycles. The van der Waals surface area contributed by atoms with E-state index in [0.717, 1.165) is 35.5 Å². The van der Waals surface area contributed by atoms with E-state index in [4.69, 9.17) is 9.47 Å². The van der Waals surface area contributed by atoms with Gasteiger partial charge < -0.3 is 14.8 Å². The van der Waals surface area contributed by atoms with Gasteiger partial charge >= 0.3 is 0 Å². The molecule has 0 saturated heterocycles. The van der Waals surface area contributed by atoms with Gasteiger partial charge in [0, 0.05) is 19.5 Å². The van der Waals surface area contributed by atoms with Gasteiger partial charge in [-0.05, 0) is 62.4 Å². The van der Waals surface area contributed by atoms with Gasteiger partial charge in [-0.25, -0.2) is 0 Å². The van der Waals surface area contributed by atoms with E-state index in [1.54, 1.807) is 11.3 Å². The molecule has 0 unspecified atom stereocenters. The molecule has 0 atom stereocenters. The number of benzene rings is 1. The number of nitrogens with one attached hydrogen (secondary N) is 1. The molecule has 0 amide bonds. The molecule has 0 radical (unpaired) electrons. The Morgan fingerprint density at radius 2 is 2.05 bits per heavy atom. The quantitative estimate of drug-likeness (QED) is 0.874. The van der Waals surface area contributed by atoms with Gasteiger partial charge in [0.2, 0.25) is 0 Å². The molecule has 0 aliphatic carbocycles. The van der Waals surface area contributed by atoms with E-state index in [2.05, 4.69) is 51.1 Å². The average molecular weight is 368 g/mol. The molecule has 1 N–H and O–H groups in total. The first kappa shape index (κ1) is 14.9. The summed E-state index contributed by atoms with van der Waals surface area (Å²) >= 11 is 5.33. The van der Waals surface area contributed by atoms with Gasteiger partial charge in [-0.15, -0.1) is 0 Å². The van der Waals surface area contributed by atoms with E-state index in [1.807, 2.05) is 0 Å². The predicted octanol–water partition coefficient (Wildman–Crippen LogP) is 4.27. The second-order valence-electron chi connectivity index (χ2n) is 5.14. The van der Waals surface area contributed by atoms with E-state index in [0.29, 0.717) is 13.2 Å². The first-order valence-electron chi connectivity index (χ1n) is 7.04. The number of aryl methyl sites for hydroxylation is 1. The molecule has 3 nitrogen and oxygen atoms in total. The van der Waals surface area contributed by atoms with Crippen molar-refractivity contribution in [1.82, 2.24) is 5.32 Å². The summed E-state index contributed by atoms with van der Waals surface area (Å²) in [5.74, 6) is 1.66. The van der Waals surface area contributed by atoms with Crippen LogP contribution in [0.4, 0.5) is 0 Å². The first-order chi connectivity index (χ1) is 10.2. The Kier molecular flexibility index (Phi) is 4.83. The van der Waals surface area contributed by atoms with Crippen LogP contribution in [0.25, 0.3) is 0 Å². The minimum absolute atomic E-state index is 0.709. The molecule has 0 bridgehead atoms. The summed E-state index contributed by atoms with van der Waals surface area (Å²) in [7, 11) is 0. The number of thiophene rings is 1. The van der Waals surface area contributed by atoms with Crippen molar-refractivity contribution in [1.29, 1.82) is 0 Å². The maximum absolute atomic E-state index is 5.76. The Morgan fingerprint density at radius 3 is 2.86 bits per heavy atom. The zero-order chi connectivity index (χ0) is 14.7. The molecule has 0 spiro atoms. The number of ether oxygens (including phenoxy) is 2. The Labute approximate surface area is 137 Å². The maximum atomic E-state index is 5.76. The molecule has 2 aromatic rings. The number of fused-ring (bicyclic) bond motifs is 1. The molecule has 1 aromatic carbocycles. The zero-order valence-corrected chi connectivity index (χ0v) is 14.4. The van der Waals surface area contributed by atoms with Crippen LogP contribution in [0.1, 0.15) is 23.1 Å². The topological polar surface area (TPSA) is 30.5 Å². The molecule has 1 aliphatic rings. The van der Waals surface area contributed by atoms with Gasteiger partial charge in [0.05, 0.1) is 17.7 Å². The Balaban J connectivity index is 1.67. The number of hydrogen-bond donors (Lipinski definition) is 1. The number of halogens is 1. The SMILES string of the molecule is Cc1cscc1CNCc1cc(Br)c2c(c1)OCCCO2. The average Bonchev–Trinajstić information content (AvgIpc) is 2.73. The Morgan fingerprint density at radius 1 is 1.19 bits per heavy atom. The highest BCUT2D eigenvalue weighted by molar-refractivity contribution is 9.10. The molecule has 112 valence electrons. The molecular formula is C16H18BrNO2S. The fourth-order valence-corrected chi connectivity index (χ4v) is 3.76. The van der Waals surface area contributed by atoms with Crippen molar-refractivity contribution in [3.05, 3.63) is 44.1 Å². The highest BCUT2D eigenvalue weighted by atomic mass is 79.9. The van der Waals surface area contributed by atoms with Crippen molar-refractivity contribution in [3.63, 3.8) is 0 Å². The van der Waals surface area contributed by atoms with E-state index < -0.39 is 0 Å². The minimum atomic E-state index is 0.709. The lowest BCUT2D eigenvalue weighted by molar-refractivity contribution is 0.296. The minimum Gasteiger partial charge on any atom is -0.490 e. The smallest absolute Gasteiger partial charge is 0.175 e. The first-order valence-corrected chi connectivity index (χ1v) is 8.78. The third kappa shape index (κ3) is 3.59. The second-order valence-corrected chi connectivity index (χ2v) is 6.74. The van der Waals surface area contributed by atoms with Crippen molar-refractivity contribution in [2.45, 2.75) is 26.4 Å². The highest BCUT2D eigenvalue weighted by Crippen LogP contribution is 2.38. The van der Waals surface area contributed by atoms with Crippen molar-refractivity contribution in [3.8, 4) is 11.5 Å². The van der Waals surface area contributed by atoms with Crippen LogP contribution < -0.4 is 14.8 Å². The lowest BCUT2D eigenvalue weighted by Gasteiger charge is -2.12. The van der Waals surface area contributed by atoms with Crippen LogP contribution in [0.5, 0.6) is 11.5 Å². The summed E-state index contributed by atoms with van der Waals surface area (Å²) < 4.78 is 12.4. The fraction of sp³-hybridized carbons (Fsp3) is 0.375. The van der Waals surface area contributed by atoms with Gasteiger partial charge in [-0.2, -0.15) is 11.3 Å². The molecular weight excluding hydrogens is 350 g/mol. The van der Waals surface area contributed by atoms with E-state index in [9.17, 15) is 0 Å². The van der Waals surface area contributed by atoms with Crippen molar-refractivity contribution in [2.75, 3.05) is 13.2 Å². The summed E-state index contributed by atoms with van der Waals surface area (Å²) in [4.78, 5) is 0. The highest BCUT2D eigenvalue weighted by Gasteiger charge is 2.15. The van der Waals surface area contributed by atoms with Gasteiger partial charge in [-0.3, -0.25) is 0 Å². The second kappa shape index (κ2) is 6.81. The van der Waals surface area contributed by atoms with Gasteiger partial charge in [0.25, 0.3) is 0 Å². The third-order valence-corrected chi connectivity index (χ3v) is 4.97. The summed E-state index contributed by atoms with van der Waals surface area (Å²) in [5, 5.41) is 7.87.